The highest BCUT2D eigenvalue weighted by Gasteiger charge is 2.28. The van der Waals surface area contributed by atoms with E-state index in [9.17, 15) is 0 Å². The summed E-state index contributed by atoms with van der Waals surface area (Å²) in [7, 11) is 1.96. The Kier molecular flexibility index (Phi) is 4.50. The van der Waals surface area contributed by atoms with Gasteiger partial charge in [0.2, 0.25) is 0 Å². The molecular formula is C18H22N6S. The zero-order chi connectivity index (χ0) is 17.2. The van der Waals surface area contributed by atoms with Gasteiger partial charge in [0.05, 0.1) is 17.9 Å². The summed E-state index contributed by atoms with van der Waals surface area (Å²) in [5.74, 6) is 0.838. The molecule has 0 aromatic carbocycles. The van der Waals surface area contributed by atoms with E-state index in [1.165, 1.54) is 12.0 Å². The van der Waals surface area contributed by atoms with E-state index in [1.807, 2.05) is 37.1 Å². The van der Waals surface area contributed by atoms with Crippen molar-refractivity contribution in [3.63, 3.8) is 0 Å². The van der Waals surface area contributed by atoms with Gasteiger partial charge in [0.15, 0.2) is 5.13 Å². The van der Waals surface area contributed by atoms with Crippen LogP contribution in [0.1, 0.15) is 35.7 Å². The minimum Gasteiger partial charge on any atom is -0.316 e. The predicted octanol–water partition coefficient (Wildman–Crippen LogP) is 3.66. The molecule has 25 heavy (non-hydrogen) atoms. The maximum absolute atomic E-state index is 4.81. The van der Waals surface area contributed by atoms with Crippen molar-refractivity contribution in [1.82, 2.24) is 24.6 Å². The number of hydrogen-bond donors (Lipinski definition) is 1. The number of likely N-dealkylation sites (tertiary alicyclic amines) is 1. The average Bonchev–Trinajstić information content (AvgIpc) is 3.32. The molecule has 130 valence electrons. The van der Waals surface area contributed by atoms with Gasteiger partial charge in [-0.1, -0.05) is 6.07 Å². The number of aryl methyl sites for hydroxylation is 2. The van der Waals surface area contributed by atoms with Crippen LogP contribution in [0.15, 0.2) is 36.1 Å². The van der Waals surface area contributed by atoms with Crippen LogP contribution in [0.4, 0.5) is 10.9 Å². The number of hydrogen-bond acceptors (Lipinski definition) is 6. The van der Waals surface area contributed by atoms with Crippen LogP contribution in [-0.4, -0.2) is 31.2 Å². The van der Waals surface area contributed by atoms with Gasteiger partial charge in [-0.25, -0.2) is 9.97 Å². The smallest absolute Gasteiger partial charge is 0.188 e. The molecular weight excluding hydrogens is 332 g/mol. The van der Waals surface area contributed by atoms with Gasteiger partial charge in [0.1, 0.15) is 5.82 Å². The molecule has 1 saturated heterocycles. The Hall–Kier alpha value is -2.25. The van der Waals surface area contributed by atoms with E-state index in [0.29, 0.717) is 6.04 Å². The standard InChI is InChI=1S/C18H22N6S/c1-13-5-6-17(19-8-13)22-18-21-15(12-25-18)16-4-3-7-24(16)11-14-9-20-23(2)10-14/h5-6,8-10,12,16H,3-4,7,11H2,1-2H3,(H,19,21,22)/t16-/m0/s1. The summed E-state index contributed by atoms with van der Waals surface area (Å²) in [5.41, 5.74) is 3.57. The summed E-state index contributed by atoms with van der Waals surface area (Å²) in [6.45, 7) is 4.08. The second-order valence-corrected chi connectivity index (χ2v) is 7.43. The van der Waals surface area contributed by atoms with Gasteiger partial charge in [-0.3, -0.25) is 9.58 Å². The Bertz CT molecular complexity index is 837. The molecule has 0 radical (unpaired) electrons. The predicted molar refractivity (Wildman–Crippen MR) is 100.0 cm³/mol. The Morgan fingerprint density at radius 1 is 1.32 bits per heavy atom. The molecule has 0 amide bonds. The Balaban J connectivity index is 1.45. The summed E-state index contributed by atoms with van der Waals surface area (Å²) in [4.78, 5) is 11.7. The van der Waals surface area contributed by atoms with Crippen molar-refractivity contribution >= 4 is 22.3 Å². The van der Waals surface area contributed by atoms with Crippen molar-refractivity contribution in [1.29, 1.82) is 0 Å². The fourth-order valence-electron chi connectivity index (χ4n) is 3.29. The molecule has 1 aliphatic rings. The molecule has 0 unspecified atom stereocenters. The molecule has 4 rings (SSSR count). The van der Waals surface area contributed by atoms with Crippen molar-refractivity contribution in [2.24, 2.45) is 7.05 Å². The highest BCUT2D eigenvalue weighted by Crippen LogP contribution is 2.35. The third-order valence-electron chi connectivity index (χ3n) is 4.52. The quantitative estimate of drug-likeness (QED) is 0.758. The van der Waals surface area contributed by atoms with Crippen LogP contribution in [0.2, 0.25) is 0 Å². The van der Waals surface area contributed by atoms with E-state index in [2.05, 4.69) is 37.9 Å². The molecule has 0 bridgehead atoms. The lowest BCUT2D eigenvalue weighted by Crippen LogP contribution is -2.22. The lowest BCUT2D eigenvalue weighted by atomic mass is 10.1. The topological polar surface area (TPSA) is 58.9 Å². The van der Waals surface area contributed by atoms with E-state index < -0.39 is 0 Å². The number of pyridine rings is 1. The number of nitrogens with zero attached hydrogens (tertiary/aromatic N) is 5. The van der Waals surface area contributed by atoms with Crippen LogP contribution < -0.4 is 5.32 Å². The summed E-state index contributed by atoms with van der Waals surface area (Å²) in [6.07, 6.45) is 8.28. The van der Waals surface area contributed by atoms with Gasteiger partial charge >= 0.3 is 0 Å². The lowest BCUT2D eigenvalue weighted by Gasteiger charge is -2.22. The normalized spacial score (nSPS) is 17.9. The lowest BCUT2D eigenvalue weighted by molar-refractivity contribution is 0.245. The molecule has 7 heteroatoms. The van der Waals surface area contributed by atoms with E-state index in [1.54, 1.807) is 11.3 Å². The molecule has 0 aliphatic carbocycles. The molecule has 4 heterocycles. The van der Waals surface area contributed by atoms with Gasteiger partial charge in [-0.2, -0.15) is 5.10 Å². The Morgan fingerprint density at radius 3 is 3.00 bits per heavy atom. The number of anilines is 2. The van der Waals surface area contributed by atoms with Crippen LogP contribution in [0.25, 0.3) is 0 Å². The maximum Gasteiger partial charge on any atom is 0.188 e. The maximum atomic E-state index is 4.81. The Labute approximate surface area is 151 Å². The van der Waals surface area contributed by atoms with E-state index >= 15 is 0 Å². The second-order valence-electron chi connectivity index (χ2n) is 6.57. The van der Waals surface area contributed by atoms with Crippen LogP contribution in [0.3, 0.4) is 0 Å². The largest absolute Gasteiger partial charge is 0.316 e. The fourth-order valence-corrected chi connectivity index (χ4v) is 4.05. The monoisotopic (exact) mass is 354 g/mol. The first-order valence-electron chi connectivity index (χ1n) is 8.54. The van der Waals surface area contributed by atoms with Crippen LogP contribution in [0, 0.1) is 6.92 Å². The zero-order valence-corrected chi connectivity index (χ0v) is 15.3. The van der Waals surface area contributed by atoms with Gasteiger partial charge in [0, 0.05) is 36.9 Å². The number of thiazole rings is 1. The van der Waals surface area contributed by atoms with Crippen LogP contribution in [0.5, 0.6) is 0 Å². The van der Waals surface area contributed by atoms with Crippen molar-refractivity contribution in [2.75, 3.05) is 11.9 Å². The van der Waals surface area contributed by atoms with Gasteiger partial charge in [-0.05, 0) is 37.9 Å². The number of nitrogens with one attached hydrogen (secondary N) is 1. The summed E-state index contributed by atoms with van der Waals surface area (Å²) >= 11 is 1.64. The fraction of sp³-hybridized carbons (Fsp3) is 0.389. The van der Waals surface area contributed by atoms with Crippen LogP contribution >= 0.6 is 11.3 Å². The highest BCUT2D eigenvalue weighted by molar-refractivity contribution is 7.13. The molecule has 1 N–H and O–H groups in total. The molecule has 0 spiro atoms. The SMILES string of the molecule is Cc1ccc(Nc2nc([C@@H]3CCCN3Cc3cnn(C)c3)cs2)nc1. The first kappa shape index (κ1) is 16.2. The van der Waals surface area contributed by atoms with Gasteiger partial charge < -0.3 is 5.32 Å². The number of rotatable bonds is 5. The van der Waals surface area contributed by atoms with E-state index in [-0.39, 0.29) is 0 Å². The van der Waals surface area contributed by atoms with E-state index in [4.69, 9.17) is 4.98 Å². The number of aromatic nitrogens is 4. The molecule has 1 aliphatic heterocycles. The first-order valence-corrected chi connectivity index (χ1v) is 9.42. The van der Waals surface area contributed by atoms with Crippen molar-refractivity contribution in [2.45, 2.75) is 32.4 Å². The van der Waals surface area contributed by atoms with E-state index in [0.717, 1.165) is 41.7 Å². The second kappa shape index (κ2) is 6.93. The molecule has 6 nitrogen and oxygen atoms in total. The van der Waals surface area contributed by atoms with Crippen molar-refractivity contribution < 1.29 is 0 Å². The Morgan fingerprint density at radius 2 is 2.24 bits per heavy atom. The highest BCUT2D eigenvalue weighted by atomic mass is 32.1. The summed E-state index contributed by atoms with van der Waals surface area (Å²) < 4.78 is 1.86. The molecule has 3 aromatic heterocycles. The molecule has 1 atom stereocenters. The average molecular weight is 354 g/mol. The van der Waals surface area contributed by atoms with Crippen molar-refractivity contribution in [3.8, 4) is 0 Å². The minimum atomic E-state index is 0.387. The summed E-state index contributed by atoms with van der Waals surface area (Å²) in [6, 6.07) is 4.43. The van der Waals surface area contributed by atoms with Crippen LogP contribution in [-0.2, 0) is 13.6 Å². The molecule has 1 fully saturated rings. The summed E-state index contributed by atoms with van der Waals surface area (Å²) in [5, 5.41) is 10.7. The third kappa shape index (κ3) is 3.72. The molecule has 0 saturated carbocycles. The third-order valence-corrected chi connectivity index (χ3v) is 5.29. The minimum absolute atomic E-state index is 0.387. The molecule has 3 aromatic rings. The zero-order valence-electron chi connectivity index (χ0n) is 14.5. The first-order chi connectivity index (χ1) is 12.2. The van der Waals surface area contributed by atoms with Crippen molar-refractivity contribution in [3.05, 3.63) is 52.9 Å². The van der Waals surface area contributed by atoms with Gasteiger partial charge in [0.25, 0.3) is 0 Å². The van der Waals surface area contributed by atoms with Gasteiger partial charge in [-0.15, -0.1) is 11.3 Å².